The quantitative estimate of drug-likeness (QED) is 0.940. The van der Waals surface area contributed by atoms with E-state index in [2.05, 4.69) is 57.5 Å². The van der Waals surface area contributed by atoms with Crippen LogP contribution in [0.3, 0.4) is 0 Å². The van der Waals surface area contributed by atoms with Gasteiger partial charge in [0.1, 0.15) is 6.04 Å². The lowest BCUT2D eigenvalue weighted by Crippen LogP contribution is -2.44. The van der Waals surface area contributed by atoms with Gasteiger partial charge in [-0.25, -0.2) is 4.98 Å². The van der Waals surface area contributed by atoms with E-state index < -0.39 is 0 Å². The summed E-state index contributed by atoms with van der Waals surface area (Å²) in [5.41, 5.74) is 3.26. The molecule has 1 aromatic heterocycles. The van der Waals surface area contributed by atoms with Crippen molar-refractivity contribution in [2.75, 3.05) is 23.8 Å². The van der Waals surface area contributed by atoms with E-state index in [0.29, 0.717) is 0 Å². The highest BCUT2D eigenvalue weighted by atomic mass is 16.2. The summed E-state index contributed by atoms with van der Waals surface area (Å²) in [5, 5.41) is 3.03. The van der Waals surface area contributed by atoms with Crippen molar-refractivity contribution in [2.24, 2.45) is 0 Å². The number of aromatic nitrogens is 1. The minimum atomic E-state index is -0.0309. The molecule has 2 aromatic rings. The molecular formula is C19H22N4O. The number of benzene rings is 1. The van der Waals surface area contributed by atoms with Crippen LogP contribution in [0.5, 0.6) is 0 Å². The van der Waals surface area contributed by atoms with Crippen molar-refractivity contribution in [3.05, 3.63) is 53.7 Å². The standard InChI is InChI=1S/C19H22N4O/c1-22(12-14-6-3-2-4-7-14)13-15-10-16-18(20-11-15)23-9-5-8-17(23)19(24)21-16/h2-4,6-7,10-11,17H,5,8-9,12-13H2,1H3,(H,21,24). The fraction of sp³-hybridized carbons (Fsp3) is 0.368. The summed E-state index contributed by atoms with van der Waals surface area (Å²) < 4.78 is 0. The van der Waals surface area contributed by atoms with Crippen LogP contribution in [0.15, 0.2) is 42.6 Å². The highest BCUT2D eigenvalue weighted by molar-refractivity contribution is 6.03. The third-order valence-corrected chi connectivity index (χ3v) is 4.76. The van der Waals surface area contributed by atoms with Crippen LogP contribution in [-0.2, 0) is 17.9 Å². The molecule has 0 spiro atoms. The third-order valence-electron chi connectivity index (χ3n) is 4.76. The molecule has 0 aliphatic carbocycles. The number of fused-ring (bicyclic) bond motifs is 3. The van der Waals surface area contributed by atoms with Crippen LogP contribution < -0.4 is 10.2 Å². The highest BCUT2D eigenvalue weighted by Gasteiger charge is 2.37. The topological polar surface area (TPSA) is 48.5 Å². The molecule has 24 heavy (non-hydrogen) atoms. The molecule has 124 valence electrons. The zero-order valence-electron chi connectivity index (χ0n) is 13.9. The molecule has 1 N–H and O–H groups in total. The molecule has 1 fully saturated rings. The summed E-state index contributed by atoms with van der Waals surface area (Å²) in [6.07, 6.45) is 3.92. The minimum absolute atomic E-state index is 0.0309. The summed E-state index contributed by atoms with van der Waals surface area (Å²) in [7, 11) is 2.10. The Bertz CT molecular complexity index is 746. The molecule has 4 rings (SSSR count). The van der Waals surface area contributed by atoms with Crippen LogP contribution in [-0.4, -0.2) is 35.4 Å². The van der Waals surface area contributed by atoms with E-state index >= 15 is 0 Å². The SMILES string of the molecule is CN(Cc1ccccc1)Cc1cnc2c(c1)NC(=O)C1CCCN21. The largest absolute Gasteiger partial charge is 0.343 e. The Kier molecular flexibility index (Phi) is 3.94. The average Bonchev–Trinajstić information content (AvgIpc) is 3.06. The maximum Gasteiger partial charge on any atom is 0.247 e. The summed E-state index contributed by atoms with van der Waals surface area (Å²) in [4.78, 5) is 21.3. The van der Waals surface area contributed by atoms with E-state index in [1.807, 2.05) is 12.3 Å². The molecule has 3 heterocycles. The second-order valence-corrected chi connectivity index (χ2v) is 6.71. The third kappa shape index (κ3) is 2.87. The predicted molar refractivity (Wildman–Crippen MR) is 94.8 cm³/mol. The van der Waals surface area contributed by atoms with E-state index in [-0.39, 0.29) is 11.9 Å². The number of nitrogens with one attached hydrogen (secondary N) is 1. The van der Waals surface area contributed by atoms with Crippen molar-refractivity contribution in [3.8, 4) is 0 Å². The Morgan fingerprint density at radius 2 is 2.04 bits per heavy atom. The monoisotopic (exact) mass is 322 g/mol. The van der Waals surface area contributed by atoms with Gasteiger partial charge in [-0.15, -0.1) is 0 Å². The van der Waals surface area contributed by atoms with Crippen LogP contribution in [0, 0.1) is 0 Å². The second kappa shape index (κ2) is 6.24. The zero-order valence-corrected chi connectivity index (χ0v) is 13.9. The van der Waals surface area contributed by atoms with Crippen molar-refractivity contribution < 1.29 is 4.79 Å². The van der Waals surface area contributed by atoms with Crippen molar-refractivity contribution in [3.63, 3.8) is 0 Å². The van der Waals surface area contributed by atoms with Crippen LogP contribution in [0.25, 0.3) is 0 Å². The van der Waals surface area contributed by atoms with Crippen molar-refractivity contribution in [1.82, 2.24) is 9.88 Å². The van der Waals surface area contributed by atoms with Crippen molar-refractivity contribution in [2.45, 2.75) is 32.0 Å². The molecule has 0 radical (unpaired) electrons. The van der Waals surface area contributed by atoms with Gasteiger partial charge in [0.2, 0.25) is 5.91 Å². The minimum Gasteiger partial charge on any atom is -0.343 e. The Labute approximate surface area is 142 Å². The first-order valence-electron chi connectivity index (χ1n) is 8.49. The predicted octanol–water partition coefficient (Wildman–Crippen LogP) is 2.63. The van der Waals surface area contributed by atoms with Crippen LogP contribution in [0.4, 0.5) is 11.5 Å². The molecule has 1 unspecified atom stereocenters. The molecule has 5 nitrogen and oxygen atoms in total. The maximum absolute atomic E-state index is 12.2. The van der Waals surface area contributed by atoms with Gasteiger partial charge in [0.25, 0.3) is 0 Å². The number of carbonyl (C=O) groups is 1. The van der Waals surface area contributed by atoms with Crippen molar-refractivity contribution >= 4 is 17.4 Å². The Balaban J connectivity index is 1.49. The summed E-state index contributed by atoms with van der Waals surface area (Å²) >= 11 is 0. The molecule has 0 bridgehead atoms. The van der Waals surface area contributed by atoms with E-state index in [1.54, 1.807) is 0 Å². The van der Waals surface area contributed by atoms with E-state index in [9.17, 15) is 4.79 Å². The second-order valence-electron chi connectivity index (χ2n) is 6.71. The first-order valence-corrected chi connectivity index (χ1v) is 8.49. The van der Waals surface area contributed by atoms with Gasteiger partial charge in [-0.2, -0.15) is 0 Å². The van der Waals surface area contributed by atoms with Crippen LogP contribution in [0.1, 0.15) is 24.0 Å². The molecule has 1 saturated heterocycles. The number of anilines is 2. The normalized spacial score (nSPS) is 19.2. The maximum atomic E-state index is 12.2. The Morgan fingerprint density at radius 3 is 2.88 bits per heavy atom. The zero-order chi connectivity index (χ0) is 16.5. The lowest BCUT2D eigenvalue weighted by atomic mass is 10.1. The molecule has 2 aliphatic heterocycles. The van der Waals surface area contributed by atoms with Gasteiger partial charge < -0.3 is 10.2 Å². The van der Waals surface area contributed by atoms with E-state index in [4.69, 9.17) is 0 Å². The highest BCUT2D eigenvalue weighted by Crippen LogP contribution is 2.35. The average molecular weight is 322 g/mol. The lowest BCUT2D eigenvalue weighted by Gasteiger charge is -2.32. The van der Waals surface area contributed by atoms with Gasteiger partial charge in [-0.1, -0.05) is 30.3 Å². The molecule has 1 amide bonds. The molecule has 0 saturated carbocycles. The number of rotatable bonds is 4. The van der Waals surface area contributed by atoms with E-state index in [0.717, 1.165) is 49.5 Å². The number of carbonyl (C=O) groups excluding carboxylic acids is 1. The summed E-state index contributed by atoms with van der Waals surface area (Å²) in [6, 6.07) is 12.5. The fourth-order valence-electron chi connectivity index (χ4n) is 3.68. The summed E-state index contributed by atoms with van der Waals surface area (Å²) in [6.45, 7) is 2.61. The number of hydrogen-bond donors (Lipinski definition) is 1. The van der Waals surface area contributed by atoms with Gasteiger partial charge in [0.05, 0.1) is 5.69 Å². The number of pyridine rings is 1. The molecule has 5 heteroatoms. The Hall–Kier alpha value is -2.40. The molecule has 1 aromatic carbocycles. The summed E-state index contributed by atoms with van der Waals surface area (Å²) in [5.74, 6) is 1.03. The lowest BCUT2D eigenvalue weighted by molar-refractivity contribution is -0.117. The van der Waals surface area contributed by atoms with Crippen LogP contribution >= 0.6 is 0 Å². The first-order chi connectivity index (χ1) is 11.7. The van der Waals surface area contributed by atoms with E-state index in [1.165, 1.54) is 5.56 Å². The van der Waals surface area contributed by atoms with Gasteiger partial charge in [0, 0.05) is 25.8 Å². The number of nitrogens with zero attached hydrogens (tertiary/aromatic N) is 3. The number of amides is 1. The van der Waals surface area contributed by atoms with Gasteiger partial charge in [0.15, 0.2) is 5.82 Å². The molecular weight excluding hydrogens is 300 g/mol. The Morgan fingerprint density at radius 1 is 1.25 bits per heavy atom. The molecule has 2 aliphatic rings. The van der Waals surface area contributed by atoms with Gasteiger partial charge in [-0.3, -0.25) is 9.69 Å². The van der Waals surface area contributed by atoms with Gasteiger partial charge >= 0.3 is 0 Å². The van der Waals surface area contributed by atoms with Gasteiger partial charge in [-0.05, 0) is 37.1 Å². The molecule has 1 atom stereocenters. The van der Waals surface area contributed by atoms with Crippen LogP contribution in [0.2, 0.25) is 0 Å². The number of hydrogen-bond acceptors (Lipinski definition) is 4. The van der Waals surface area contributed by atoms with Crippen molar-refractivity contribution in [1.29, 1.82) is 0 Å². The smallest absolute Gasteiger partial charge is 0.247 e. The first kappa shape index (κ1) is 15.1. The fourth-order valence-corrected chi connectivity index (χ4v) is 3.68.